The van der Waals surface area contributed by atoms with Gasteiger partial charge in [-0.3, -0.25) is 9.59 Å². The molecule has 0 bridgehead atoms. The average molecular weight is 331 g/mol. The van der Waals surface area contributed by atoms with E-state index in [2.05, 4.69) is 10.5 Å². The van der Waals surface area contributed by atoms with Crippen LogP contribution in [0, 0.1) is 19.7 Å². The lowest BCUT2D eigenvalue weighted by Gasteiger charge is -2.28. The third kappa shape index (κ3) is 2.89. The Morgan fingerprint density at radius 2 is 2.21 bits per heavy atom. The minimum atomic E-state index is -0.625. The first-order valence-corrected chi connectivity index (χ1v) is 7.63. The predicted octanol–water partition coefficient (Wildman–Crippen LogP) is 2.51. The number of fused-ring (bicyclic) bond motifs is 1. The van der Waals surface area contributed by atoms with Crippen molar-refractivity contribution >= 4 is 17.5 Å². The number of rotatable bonds is 3. The first kappa shape index (κ1) is 16.2. The Balaban J connectivity index is 1.86. The Bertz CT molecular complexity index is 796. The first-order valence-electron chi connectivity index (χ1n) is 7.63. The molecule has 2 aromatic rings. The Hall–Kier alpha value is -2.70. The largest absolute Gasteiger partial charge is 0.361 e. The third-order valence-electron chi connectivity index (χ3n) is 4.31. The van der Waals surface area contributed by atoms with Gasteiger partial charge in [-0.05, 0) is 31.5 Å². The van der Waals surface area contributed by atoms with Crippen LogP contribution in [0.15, 0.2) is 22.7 Å². The van der Waals surface area contributed by atoms with Crippen LogP contribution in [0.25, 0.3) is 0 Å². The quantitative estimate of drug-likeness (QED) is 0.938. The average Bonchev–Trinajstić information content (AvgIpc) is 2.84. The fourth-order valence-electron chi connectivity index (χ4n) is 2.97. The Labute approximate surface area is 138 Å². The highest BCUT2D eigenvalue weighted by atomic mass is 19.1. The highest BCUT2D eigenvalue weighted by molar-refractivity contribution is 6.01. The molecule has 0 radical (unpaired) electrons. The molecule has 0 spiro atoms. The summed E-state index contributed by atoms with van der Waals surface area (Å²) in [5.74, 6) is -0.906. The van der Waals surface area contributed by atoms with E-state index in [0.717, 1.165) is 11.3 Å². The van der Waals surface area contributed by atoms with Crippen molar-refractivity contribution in [2.24, 2.45) is 0 Å². The van der Waals surface area contributed by atoms with E-state index in [4.69, 9.17) is 4.52 Å². The summed E-state index contributed by atoms with van der Waals surface area (Å²) in [6.45, 7) is 3.95. The summed E-state index contributed by atoms with van der Waals surface area (Å²) in [4.78, 5) is 26.3. The van der Waals surface area contributed by atoms with Crippen LogP contribution in [-0.4, -0.2) is 28.9 Å². The number of aryl methyl sites for hydroxylation is 2. The maximum absolute atomic E-state index is 13.4. The summed E-state index contributed by atoms with van der Waals surface area (Å²) in [5, 5.41) is 6.49. The van der Waals surface area contributed by atoms with Crippen molar-refractivity contribution in [2.45, 2.75) is 32.7 Å². The van der Waals surface area contributed by atoms with Crippen LogP contribution in [0.3, 0.4) is 0 Å². The highest BCUT2D eigenvalue weighted by Gasteiger charge is 2.33. The Morgan fingerprint density at radius 3 is 2.88 bits per heavy atom. The molecule has 24 heavy (non-hydrogen) atoms. The number of halogens is 1. The zero-order chi connectivity index (χ0) is 17.4. The van der Waals surface area contributed by atoms with Gasteiger partial charge in [-0.1, -0.05) is 11.2 Å². The van der Waals surface area contributed by atoms with Crippen molar-refractivity contribution in [2.75, 3.05) is 12.4 Å². The van der Waals surface area contributed by atoms with Gasteiger partial charge in [0.2, 0.25) is 11.8 Å². The molecular weight excluding hydrogens is 313 g/mol. The molecule has 126 valence electrons. The normalized spacial score (nSPS) is 16.5. The number of nitrogens with one attached hydrogen (secondary N) is 1. The van der Waals surface area contributed by atoms with Gasteiger partial charge in [-0.15, -0.1) is 0 Å². The number of hydrogen-bond donors (Lipinski definition) is 1. The molecule has 1 atom stereocenters. The second-order valence-corrected chi connectivity index (χ2v) is 6.03. The van der Waals surface area contributed by atoms with E-state index in [9.17, 15) is 14.0 Å². The van der Waals surface area contributed by atoms with Gasteiger partial charge in [0.1, 0.15) is 11.6 Å². The van der Waals surface area contributed by atoms with Crippen molar-refractivity contribution in [1.82, 2.24) is 10.1 Å². The lowest BCUT2D eigenvalue weighted by atomic mass is 9.89. The van der Waals surface area contributed by atoms with E-state index in [1.165, 1.54) is 12.1 Å². The van der Waals surface area contributed by atoms with E-state index >= 15 is 0 Å². The minimum absolute atomic E-state index is 0.0450. The van der Waals surface area contributed by atoms with Gasteiger partial charge in [-0.2, -0.15) is 0 Å². The van der Waals surface area contributed by atoms with Crippen molar-refractivity contribution in [3.05, 3.63) is 46.6 Å². The number of carbonyl (C=O) groups is 2. The number of amides is 2. The maximum atomic E-state index is 13.4. The molecule has 1 aromatic carbocycles. The van der Waals surface area contributed by atoms with E-state index in [-0.39, 0.29) is 18.2 Å². The lowest BCUT2D eigenvalue weighted by molar-refractivity contribution is -0.134. The monoisotopic (exact) mass is 331 g/mol. The molecule has 3 rings (SSSR count). The minimum Gasteiger partial charge on any atom is -0.361 e. The Kier molecular flexibility index (Phi) is 4.09. The summed E-state index contributed by atoms with van der Waals surface area (Å²) in [6, 6.07) is 4.09. The number of anilines is 1. The predicted molar refractivity (Wildman–Crippen MR) is 84.8 cm³/mol. The van der Waals surface area contributed by atoms with Crippen LogP contribution in [0.2, 0.25) is 0 Å². The number of carbonyl (C=O) groups excluding carboxylic acids is 2. The second kappa shape index (κ2) is 6.07. The molecule has 0 aliphatic carbocycles. The van der Waals surface area contributed by atoms with Gasteiger partial charge < -0.3 is 14.7 Å². The number of nitrogens with zero attached hydrogens (tertiary/aromatic N) is 2. The van der Waals surface area contributed by atoms with Crippen LogP contribution in [-0.2, 0) is 16.1 Å². The topological polar surface area (TPSA) is 75.4 Å². The smallest absolute Gasteiger partial charge is 0.230 e. The summed E-state index contributed by atoms with van der Waals surface area (Å²) in [6.07, 6.45) is 0.0450. The van der Waals surface area contributed by atoms with Crippen LogP contribution in [0.5, 0.6) is 0 Å². The number of hydrogen-bond acceptors (Lipinski definition) is 4. The molecule has 0 fully saturated rings. The number of benzene rings is 1. The van der Waals surface area contributed by atoms with Gasteiger partial charge in [0.15, 0.2) is 0 Å². The summed E-state index contributed by atoms with van der Waals surface area (Å²) in [7, 11) is 1.67. The first-order chi connectivity index (χ1) is 11.4. The molecule has 1 aromatic heterocycles. The molecule has 1 unspecified atom stereocenters. The van der Waals surface area contributed by atoms with Crippen molar-refractivity contribution in [1.29, 1.82) is 0 Å². The summed E-state index contributed by atoms with van der Waals surface area (Å²) in [5.41, 5.74) is 2.57. The van der Waals surface area contributed by atoms with E-state index in [1.807, 2.05) is 6.92 Å². The molecule has 2 amide bonds. The van der Waals surface area contributed by atoms with Crippen LogP contribution >= 0.6 is 0 Å². The molecule has 7 heteroatoms. The SMILES string of the molecule is Cc1noc(C)c1CN(C)C(=O)C1CC(=O)Nc2cc(F)ccc21. The molecule has 1 N–H and O–H groups in total. The molecule has 0 saturated carbocycles. The van der Waals surface area contributed by atoms with Gasteiger partial charge in [0.25, 0.3) is 0 Å². The van der Waals surface area contributed by atoms with Crippen molar-refractivity contribution < 1.29 is 18.5 Å². The number of aromatic nitrogens is 1. The standard InChI is InChI=1S/C17H18FN3O3/c1-9-14(10(2)24-20-9)8-21(3)17(23)13-7-16(22)19-15-6-11(18)4-5-12(13)15/h4-6,13H,7-8H2,1-3H3,(H,19,22). The van der Waals surface area contributed by atoms with Gasteiger partial charge in [0.05, 0.1) is 18.2 Å². The molecule has 1 aliphatic rings. The second-order valence-electron chi connectivity index (χ2n) is 6.03. The zero-order valence-electron chi connectivity index (χ0n) is 13.7. The fraction of sp³-hybridized carbons (Fsp3) is 0.353. The van der Waals surface area contributed by atoms with E-state index in [0.29, 0.717) is 23.6 Å². The third-order valence-corrected chi connectivity index (χ3v) is 4.31. The fourth-order valence-corrected chi connectivity index (χ4v) is 2.97. The molecular formula is C17H18FN3O3. The molecule has 6 nitrogen and oxygen atoms in total. The molecule has 2 heterocycles. The van der Waals surface area contributed by atoms with Gasteiger partial charge in [-0.25, -0.2) is 4.39 Å². The van der Waals surface area contributed by atoms with E-state index in [1.54, 1.807) is 24.9 Å². The summed E-state index contributed by atoms with van der Waals surface area (Å²) < 4.78 is 18.5. The van der Waals surface area contributed by atoms with Crippen LogP contribution < -0.4 is 5.32 Å². The van der Waals surface area contributed by atoms with Gasteiger partial charge >= 0.3 is 0 Å². The summed E-state index contributed by atoms with van der Waals surface area (Å²) >= 11 is 0. The van der Waals surface area contributed by atoms with Crippen molar-refractivity contribution in [3.63, 3.8) is 0 Å². The van der Waals surface area contributed by atoms with Crippen LogP contribution in [0.1, 0.15) is 34.9 Å². The zero-order valence-corrected chi connectivity index (χ0v) is 13.7. The Morgan fingerprint density at radius 1 is 1.46 bits per heavy atom. The highest BCUT2D eigenvalue weighted by Crippen LogP contribution is 2.34. The number of likely N-dealkylation sites (N-methyl/N-ethyl adjacent to an activating group) is 1. The van der Waals surface area contributed by atoms with E-state index < -0.39 is 11.7 Å². The molecule has 0 saturated heterocycles. The molecule has 1 aliphatic heterocycles. The van der Waals surface area contributed by atoms with Gasteiger partial charge in [0, 0.05) is 24.7 Å². The lowest BCUT2D eigenvalue weighted by Crippen LogP contribution is -2.36. The van der Waals surface area contributed by atoms with Crippen LogP contribution in [0.4, 0.5) is 10.1 Å². The van der Waals surface area contributed by atoms with Crippen molar-refractivity contribution in [3.8, 4) is 0 Å². The maximum Gasteiger partial charge on any atom is 0.230 e.